The van der Waals surface area contributed by atoms with Crippen LogP contribution in [0.25, 0.3) is 10.9 Å². The minimum atomic E-state index is 0.245. The zero-order valence-electron chi connectivity index (χ0n) is 11.6. The number of benzene rings is 1. The molecule has 112 valence electrons. The summed E-state index contributed by atoms with van der Waals surface area (Å²) < 4.78 is 0. The highest BCUT2D eigenvalue weighted by atomic mass is 35.5. The molecule has 1 fully saturated rings. The van der Waals surface area contributed by atoms with E-state index in [0.717, 1.165) is 29.6 Å². The van der Waals surface area contributed by atoms with Gasteiger partial charge in [-0.15, -0.1) is 0 Å². The van der Waals surface area contributed by atoms with Crippen LogP contribution in [0.4, 0.5) is 5.82 Å². The smallest absolute Gasteiger partial charge is 0.126 e. The molecule has 0 amide bonds. The van der Waals surface area contributed by atoms with Crippen molar-refractivity contribution in [2.75, 3.05) is 11.9 Å². The van der Waals surface area contributed by atoms with Crippen molar-refractivity contribution in [1.29, 1.82) is 0 Å². The van der Waals surface area contributed by atoms with Gasteiger partial charge in [0.15, 0.2) is 0 Å². The molecule has 0 bridgehead atoms. The summed E-state index contributed by atoms with van der Waals surface area (Å²) in [5.41, 5.74) is 0.728. The number of pyridine rings is 1. The summed E-state index contributed by atoms with van der Waals surface area (Å²) in [5, 5.41) is 14.6. The minimum Gasteiger partial charge on any atom is -0.396 e. The van der Waals surface area contributed by atoms with Crippen LogP contribution in [0.15, 0.2) is 24.3 Å². The zero-order chi connectivity index (χ0) is 14.8. The molecule has 1 heterocycles. The molecule has 0 aliphatic heterocycles. The Morgan fingerprint density at radius 3 is 2.81 bits per heavy atom. The van der Waals surface area contributed by atoms with E-state index in [1.807, 2.05) is 18.2 Å². The molecule has 0 saturated heterocycles. The lowest BCUT2D eigenvalue weighted by Crippen LogP contribution is -2.25. The number of aliphatic hydroxyl groups is 1. The van der Waals surface area contributed by atoms with Crippen LogP contribution in [0.3, 0.4) is 0 Å². The van der Waals surface area contributed by atoms with Gasteiger partial charge >= 0.3 is 0 Å². The van der Waals surface area contributed by atoms with Gasteiger partial charge in [-0.2, -0.15) is 0 Å². The fraction of sp³-hybridized carbons (Fsp3) is 0.438. The highest BCUT2D eigenvalue weighted by Crippen LogP contribution is 2.33. The largest absolute Gasteiger partial charge is 0.396 e. The lowest BCUT2D eigenvalue weighted by atomic mass is 10.00. The molecule has 2 N–H and O–H groups in total. The van der Waals surface area contributed by atoms with Crippen molar-refractivity contribution >= 4 is 39.9 Å². The van der Waals surface area contributed by atoms with Gasteiger partial charge in [0.2, 0.25) is 0 Å². The maximum absolute atomic E-state index is 9.14. The van der Waals surface area contributed by atoms with Crippen molar-refractivity contribution in [2.24, 2.45) is 5.92 Å². The average molecular weight is 325 g/mol. The number of aromatic nitrogens is 1. The molecule has 2 atom stereocenters. The van der Waals surface area contributed by atoms with E-state index in [9.17, 15) is 0 Å². The molecule has 5 heteroatoms. The summed E-state index contributed by atoms with van der Waals surface area (Å²) >= 11 is 12.3. The number of halogens is 2. The highest BCUT2D eigenvalue weighted by Gasteiger charge is 2.26. The Morgan fingerprint density at radius 1 is 1.19 bits per heavy atom. The van der Waals surface area contributed by atoms with Gasteiger partial charge in [-0.1, -0.05) is 35.7 Å². The molecule has 0 radical (unpaired) electrons. The maximum atomic E-state index is 9.14. The Labute approximate surface area is 134 Å². The van der Waals surface area contributed by atoms with Crippen LogP contribution in [-0.4, -0.2) is 22.7 Å². The number of aliphatic hydroxyl groups excluding tert-OH is 1. The number of nitrogens with one attached hydrogen (secondary N) is 1. The fourth-order valence-electron chi connectivity index (χ4n) is 3.14. The monoisotopic (exact) mass is 324 g/mol. The van der Waals surface area contributed by atoms with Crippen LogP contribution in [0, 0.1) is 5.92 Å². The number of hydrogen-bond acceptors (Lipinski definition) is 3. The summed E-state index contributed by atoms with van der Waals surface area (Å²) in [6.45, 7) is 0.245. The average Bonchev–Trinajstić information content (AvgIpc) is 2.91. The molecule has 1 aliphatic rings. The lowest BCUT2D eigenvalue weighted by molar-refractivity contribution is 0.254. The first-order valence-corrected chi connectivity index (χ1v) is 8.07. The quantitative estimate of drug-likeness (QED) is 0.870. The second kappa shape index (κ2) is 6.39. The summed E-state index contributed by atoms with van der Waals surface area (Å²) in [5.74, 6) is 1.34. The number of nitrogens with zero attached hydrogens (tertiary/aromatic N) is 1. The number of rotatable bonds is 4. The van der Waals surface area contributed by atoms with Crippen LogP contribution in [-0.2, 0) is 0 Å². The fourth-order valence-corrected chi connectivity index (χ4v) is 3.50. The van der Waals surface area contributed by atoms with Gasteiger partial charge in [0.1, 0.15) is 5.82 Å². The third-order valence-electron chi connectivity index (χ3n) is 4.25. The van der Waals surface area contributed by atoms with E-state index in [1.54, 1.807) is 6.07 Å². The Morgan fingerprint density at radius 2 is 2.00 bits per heavy atom. The number of hydrogen-bond donors (Lipinski definition) is 2. The molecule has 3 nitrogen and oxygen atoms in total. The summed E-state index contributed by atoms with van der Waals surface area (Å²) in [6.07, 6.45) is 4.33. The molecular weight excluding hydrogens is 307 g/mol. The Hall–Kier alpha value is -1.03. The van der Waals surface area contributed by atoms with Gasteiger partial charge < -0.3 is 10.4 Å². The van der Waals surface area contributed by atoms with Gasteiger partial charge in [0, 0.05) is 18.0 Å². The summed E-state index contributed by atoms with van der Waals surface area (Å²) in [4.78, 5) is 4.60. The summed E-state index contributed by atoms with van der Waals surface area (Å²) in [6, 6.07) is 8.06. The second-order valence-electron chi connectivity index (χ2n) is 5.58. The molecule has 1 aromatic heterocycles. The molecule has 1 aromatic carbocycles. The molecule has 1 aliphatic carbocycles. The number of anilines is 1. The first-order valence-electron chi connectivity index (χ1n) is 7.31. The maximum Gasteiger partial charge on any atom is 0.126 e. The predicted molar refractivity (Wildman–Crippen MR) is 88.2 cm³/mol. The normalized spacial score (nSPS) is 21.9. The third-order valence-corrected chi connectivity index (χ3v) is 5.04. The van der Waals surface area contributed by atoms with Crippen LogP contribution in [0.1, 0.15) is 25.7 Å². The van der Waals surface area contributed by atoms with E-state index in [0.29, 0.717) is 22.0 Å². The molecular formula is C16H18Cl2N2O. The van der Waals surface area contributed by atoms with Gasteiger partial charge in [0.05, 0.1) is 15.6 Å². The van der Waals surface area contributed by atoms with E-state index in [1.165, 1.54) is 12.8 Å². The molecule has 2 unspecified atom stereocenters. The van der Waals surface area contributed by atoms with Gasteiger partial charge in [-0.25, -0.2) is 4.98 Å². The Kier molecular flexibility index (Phi) is 4.53. The van der Waals surface area contributed by atoms with Crippen molar-refractivity contribution in [2.45, 2.75) is 31.7 Å². The molecule has 2 aromatic rings. The van der Waals surface area contributed by atoms with Crippen LogP contribution in [0.2, 0.25) is 10.0 Å². The van der Waals surface area contributed by atoms with Crippen molar-refractivity contribution in [3.05, 3.63) is 34.3 Å². The van der Waals surface area contributed by atoms with Crippen LogP contribution >= 0.6 is 23.2 Å². The predicted octanol–water partition coefficient (Wildman–Crippen LogP) is 4.50. The lowest BCUT2D eigenvalue weighted by Gasteiger charge is -2.21. The van der Waals surface area contributed by atoms with Crippen molar-refractivity contribution in [1.82, 2.24) is 4.98 Å². The molecule has 1 saturated carbocycles. The first-order chi connectivity index (χ1) is 10.2. The van der Waals surface area contributed by atoms with Crippen molar-refractivity contribution in [3.8, 4) is 0 Å². The van der Waals surface area contributed by atoms with Crippen LogP contribution < -0.4 is 5.32 Å². The Bertz CT molecular complexity index is 647. The SMILES string of the molecule is OCCC1CCCC1Nc1ccc2ccc(Cl)c(Cl)c2n1. The van der Waals surface area contributed by atoms with Crippen molar-refractivity contribution in [3.63, 3.8) is 0 Å². The van der Waals surface area contributed by atoms with E-state index in [4.69, 9.17) is 28.3 Å². The molecule has 3 rings (SSSR count). The highest BCUT2D eigenvalue weighted by molar-refractivity contribution is 6.45. The van der Waals surface area contributed by atoms with Gasteiger partial charge in [-0.05, 0) is 43.4 Å². The zero-order valence-corrected chi connectivity index (χ0v) is 13.2. The topological polar surface area (TPSA) is 45.1 Å². The third kappa shape index (κ3) is 3.10. The van der Waals surface area contributed by atoms with Crippen LogP contribution in [0.5, 0.6) is 0 Å². The van der Waals surface area contributed by atoms with Gasteiger partial charge in [-0.3, -0.25) is 0 Å². The first kappa shape index (κ1) is 14.9. The molecule has 0 spiro atoms. The molecule has 21 heavy (non-hydrogen) atoms. The Balaban J connectivity index is 1.86. The van der Waals surface area contributed by atoms with E-state index in [-0.39, 0.29) is 6.61 Å². The minimum absolute atomic E-state index is 0.245. The second-order valence-corrected chi connectivity index (χ2v) is 6.37. The van der Waals surface area contributed by atoms with E-state index < -0.39 is 0 Å². The van der Waals surface area contributed by atoms with E-state index >= 15 is 0 Å². The van der Waals surface area contributed by atoms with Crippen molar-refractivity contribution < 1.29 is 5.11 Å². The number of fused-ring (bicyclic) bond motifs is 1. The van der Waals surface area contributed by atoms with Gasteiger partial charge in [0.25, 0.3) is 0 Å². The summed E-state index contributed by atoms with van der Waals surface area (Å²) in [7, 11) is 0. The standard InChI is InChI=1S/C16H18Cl2N2O/c17-12-6-4-11-5-7-14(20-16(11)15(12)18)19-13-3-1-2-10(13)8-9-21/h4-7,10,13,21H,1-3,8-9H2,(H,19,20). The van der Waals surface area contributed by atoms with E-state index in [2.05, 4.69) is 10.3 Å².